The van der Waals surface area contributed by atoms with E-state index in [9.17, 15) is 13.6 Å². The number of carboxylic acids is 1. The first kappa shape index (κ1) is 11.4. The fourth-order valence-electron chi connectivity index (χ4n) is 2.03. The number of aliphatic carboxylic acids is 1. The Kier molecular flexibility index (Phi) is 3.42. The van der Waals surface area contributed by atoms with Crippen molar-refractivity contribution in [2.45, 2.75) is 44.1 Å². The lowest BCUT2D eigenvalue weighted by atomic mass is 9.75. The molecule has 0 aromatic heterocycles. The van der Waals surface area contributed by atoms with Gasteiger partial charge in [0.1, 0.15) is 0 Å². The maximum atomic E-state index is 12.6. The summed E-state index contributed by atoms with van der Waals surface area (Å²) in [5.74, 6) is -2.17. The van der Waals surface area contributed by atoms with Gasteiger partial charge in [-0.05, 0) is 18.8 Å². The molecule has 1 aliphatic rings. The van der Waals surface area contributed by atoms with Crippen molar-refractivity contribution in [3.8, 4) is 0 Å². The molecule has 82 valence electrons. The predicted molar refractivity (Wildman–Crippen MR) is 47.1 cm³/mol. The molecule has 0 spiro atoms. The van der Waals surface area contributed by atoms with Crippen molar-refractivity contribution in [2.75, 3.05) is 0 Å². The Hall–Kier alpha value is -0.710. The largest absolute Gasteiger partial charge is 0.480 e. The first-order chi connectivity index (χ1) is 6.49. The zero-order valence-electron chi connectivity index (χ0n) is 7.88. The van der Waals surface area contributed by atoms with Crippen LogP contribution >= 0.6 is 0 Å². The zero-order valence-corrected chi connectivity index (χ0v) is 7.88. The maximum Gasteiger partial charge on any atom is 0.329 e. The fourth-order valence-corrected chi connectivity index (χ4v) is 2.03. The highest BCUT2D eigenvalue weighted by molar-refractivity contribution is 5.79. The number of carbonyl (C=O) groups is 1. The quantitative estimate of drug-likeness (QED) is 0.739. The van der Waals surface area contributed by atoms with E-state index in [1.54, 1.807) is 0 Å². The monoisotopic (exact) mass is 207 g/mol. The van der Waals surface area contributed by atoms with E-state index < -0.39 is 23.9 Å². The average molecular weight is 207 g/mol. The molecule has 3 N–H and O–H groups in total. The van der Waals surface area contributed by atoms with E-state index in [-0.39, 0.29) is 0 Å². The van der Waals surface area contributed by atoms with Crippen molar-refractivity contribution in [1.29, 1.82) is 0 Å². The van der Waals surface area contributed by atoms with Crippen LogP contribution in [-0.2, 0) is 4.79 Å². The molecule has 5 heteroatoms. The predicted octanol–water partition coefficient (Wildman–Crippen LogP) is 1.61. The summed E-state index contributed by atoms with van der Waals surface area (Å²) < 4.78 is 25.2. The van der Waals surface area contributed by atoms with Gasteiger partial charge in [-0.3, -0.25) is 0 Å². The zero-order chi connectivity index (χ0) is 10.8. The minimum atomic E-state index is -3.00. The third kappa shape index (κ3) is 1.87. The molecule has 0 aliphatic heterocycles. The third-order valence-corrected chi connectivity index (χ3v) is 3.01. The first-order valence-electron chi connectivity index (χ1n) is 4.80. The van der Waals surface area contributed by atoms with E-state index in [0.717, 1.165) is 19.3 Å². The van der Waals surface area contributed by atoms with E-state index in [4.69, 9.17) is 10.8 Å². The smallest absolute Gasteiger partial charge is 0.329 e. The standard InChI is InChI=1S/C9H15F2NO2/c10-7(11)9(12,8(13)14)6-4-2-1-3-5-6/h6-7H,1-5,12H2,(H,13,14). The molecule has 14 heavy (non-hydrogen) atoms. The summed E-state index contributed by atoms with van der Waals surface area (Å²) in [5.41, 5.74) is 2.96. The van der Waals surface area contributed by atoms with Crippen LogP contribution in [0.1, 0.15) is 32.1 Å². The summed E-state index contributed by atoms with van der Waals surface area (Å²) in [6.07, 6.45) is 0.561. The normalized spacial score (nSPS) is 23.4. The van der Waals surface area contributed by atoms with Crippen molar-refractivity contribution in [3.63, 3.8) is 0 Å². The van der Waals surface area contributed by atoms with Gasteiger partial charge in [0.15, 0.2) is 5.54 Å². The first-order valence-corrected chi connectivity index (χ1v) is 4.80. The number of halogens is 2. The van der Waals surface area contributed by atoms with Crippen LogP contribution in [0.5, 0.6) is 0 Å². The number of alkyl halides is 2. The number of hydrogen-bond acceptors (Lipinski definition) is 2. The van der Waals surface area contributed by atoms with Gasteiger partial charge in [0.2, 0.25) is 0 Å². The summed E-state index contributed by atoms with van der Waals surface area (Å²) >= 11 is 0. The molecule has 1 atom stereocenters. The van der Waals surface area contributed by atoms with E-state index in [1.165, 1.54) is 0 Å². The summed E-state index contributed by atoms with van der Waals surface area (Å²) in [6, 6.07) is 0. The average Bonchev–Trinajstić information content (AvgIpc) is 2.17. The second-order valence-electron chi connectivity index (χ2n) is 3.87. The van der Waals surface area contributed by atoms with Crippen LogP contribution in [-0.4, -0.2) is 23.0 Å². The van der Waals surface area contributed by atoms with Gasteiger partial charge in [0.05, 0.1) is 0 Å². The van der Waals surface area contributed by atoms with Crippen LogP contribution in [0.15, 0.2) is 0 Å². The van der Waals surface area contributed by atoms with Crippen molar-refractivity contribution >= 4 is 5.97 Å². The molecule has 1 unspecified atom stereocenters. The lowest BCUT2D eigenvalue weighted by molar-refractivity contribution is -0.154. The van der Waals surface area contributed by atoms with Crippen LogP contribution < -0.4 is 5.73 Å². The molecule has 0 heterocycles. The van der Waals surface area contributed by atoms with Gasteiger partial charge in [0.25, 0.3) is 6.43 Å². The van der Waals surface area contributed by atoms with Gasteiger partial charge < -0.3 is 10.8 Å². The maximum absolute atomic E-state index is 12.6. The van der Waals surface area contributed by atoms with E-state index in [1.807, 2.05) is 0 Å². The van der Waals surface area contributed by atoms with Gasteiger partial charge in [0, 0.05) is 0 Å². The third-order valence-electron chi connectivity index (χ3n) is 3.01. The molecule has 0 aromatic rings. The molecule has 1 aliphatic carbocycles. The van der Waals surface area contributed by atoms with Crippen LogP contribution in [0.3, 0.4) is 0 Å². The molecule has 0 radical (unpaired) electrons. The van der Waals surface area contributed by atoms with Crippen molar-refractivity contribution < 1.29 is 18.7 Å². The van der Waals surface area contributed by atoms with E-state index in [2.05, 4.69) is 0 Å². The molecule has 3 nitrogen and oxygen atoms in total. The van der Waals surface area contributed by atoms with E-state index in [0.29, 0.717) is 12.8 Å². The Labute approximate surface area is 81.3 Å². The van der Waals surface area contributed by atoms with Crippen LogP contribution in [0.4, 0.5) is 8.78 Å². The Morgan fingerprint density at radius 1 is 1.36 bits per heavy atom. The second kappa shape index (κ2) is 4.21. The van der Waals surface area contributed by atoms with Gasteiger partial charge in [-0.15, -0.1) is 0 Å². The van der Waals surface area contributed by atoms with Crippen LogP contribution in [0, 0.1) is 5.92 Å². The van der Waals surface area contributed by atoms with Crippen LogP contribution in [0.25, 0.3) is 0 Å². The molecule has 1 saturated carbocycles. The van der Waals surface area contributed by atoms with E-state index >= 15 is 0 Å². The molecule has 0 aromatic carbocycles. The second-order valence-corrected chi connectivity index (χ2v) is 3.87. The number of nitrogens with two attached hydrogens (primary N) is 1. The Bertz CT molecular complexity index is 217. The van der Waals surface area contributed by atoms with Gasteiger partial charge in [-0.25, -0.2) is 13.6 Å². The van der Waals surface area contributed by atoms with Gasteiger partial charge in [-0.2, -0.15) is 0 Å². The van der Waals surface area contributed by atoms with Crippen molar-refractivity contribution in [1.82, 2.24) is 0 Å². The fraction of sp³-hybridized carbons (Fsp3) is 0.889. The Morgan fingerprint density at radius 3 is 2.21 bits per heavy atom. The molecule has 1 rings (SSSR count). The highest BCUT2D eigenvalue weighted by Gasteiger charge is 2.50. The number of rotatable bonds is 3. The highest BCUT2D eigenvalue weighted by atomic mass is 19.3. The molecular weight excluding hydrogens is 192 g/mol. The van der Waals surface area contributed by atoms with Gasteiger partial charge >= 0.3 is 5.97 Å². The molecule has 1 fully saturated rings. The summed E-state index contributed by atoms with van der Waals surface area (Å²) in [7, 11) is 0. The minimum absolute atomic E-state index is 0.493. The van der Waals surface area contributed by atoms with Crippen LogP contribution in [0.2, 0.25) is 0 Å². The lowest BCUT2D eigenvalue weighted by Gasteiger charge is -2.35. The topological polar surface area (TPSA) is 63.3 Å². The number of hydrogen-bond donors (Lipinski definition) is 2. The molecular formula is C9H15F2NO2. The molecule has 0 bridgehead atoms. The van der Waals surface area contributed by atoms with Crippen molar-refractivity contribution in [3.05, 3.63) is 0 Å². The summed E-state index contributed by atoms with van der Waals surface area (Å²) in [5, 5.41) is 8.75. The van der Waals surface area contributed by atoms with Gasteiger partial charge in [-0.1, -0.05) is 19.3 Å². The summed E-state index contributed by atoms with van der Waals surface area (Å²) in [4.78, 5) is 10.8. The SMILES string of the molecule is NC(C(=O)O)(C(F)F)C1CCCCC1. The number of carboxylic acid groups (broad SMARTS) is 1. The summed E-state index contributed by atoms with van der Waals surface area (Å²) in [6.45, 7) is 0. The Morgan fingerprint density at radius 2 is 1.86 bits per heavy atom. The molecule has 0 saturated heterocycles. The highest BCUT2D eigenvalue weighted by Crippen LogP contribution is 2.35. The lowest BCUT2D eigenvalue weighted by Crippen LogP contribution is -2.60. The Balaban J connectivity index is 2.80. The van der Waals surface area contributed by atoms with Crippen molar-refractivity contribution in [2.24, 2.45) is 11.7 Å². The molecule has 0 amide bonds. The minimum Gasteiger partial charge on any atom is -0.480 e.